The van der Waals surface area contributed by atoms with Gasteiger partial charge in [0.25, 0.3) is 0 Å². The second-order valence-corrected chi connectivity index (χ2v) is 4.03. The lowest BCUT2D eigenvalue weighted by Crippen LogP contribution is -2.27. The average Bonchev–Trinajstić information content (AvgIpc) is 2.17. The molecule has 0 aliphatic heterocycles. The van der Waals surface area contributed by atoms with Gasteiger partial charge in [0.15, 0.2) is 5.78 Å². The van der Waals surface area contributed by atoms with Gasteiger partial charge in [0.05, 0.1) is 0 Å². The van der Waals surface area contributed by atoms with Crippen molar-refractivity contribution in [2.24, 2.45) is 5.92 Å². The molecule has 2 heteroatoms. The molecule has 0 amide bonds. The van der Waals surface area contributed by atoms with Crippen LogP contribution < -0.4 is 0 Å². The highest BCUT2D eigenvalue weighted by atomic mass is 16.5. The fourth-order valence-corrected chi connectivity index (χ4v) is 1.35. The fraction of sp³-hybridized carbons (Fsp3) is 0.917. The number of rotatable bonds is 8. The predicted octanol–water partition coefficient (Wildman–Crippen LogP) is 3.20. The van der Waals surface area contributed by atoms with E-state index in [4.69, 9.17) is 4.74 Å². The van der Waals surface area contributed by atoms with Crippen LogP contribution in [0.3, 0.4) is 0 Å². The maximum Gasteiger partial charge on any atom is 0.164 e. The molecule has 0 aliphatic carbocycles. The van der Waals surface area contributed by atoms with E-state index < -0.39 is 0 Å². The molecule has 0 bridgehead atoms. The fourth-order valence-electron chi connectivity index (χ4n) is 1.35. The van der Waals surface area contributed by atoms with Crippen LogP contribution in [0.4, 0.5) is 0 Å². The van der Waals surface area contributed by atoms with E-state index in [1.165, 1.54) is 12.8 Å². The second kappa shape index (κ2) is 7.98. The highest BCUT2D eigenvalue weighted by molar-refractivity contribution is 5.84. The van der Waals surface area contributed by atoms with E-state index in [0.717, 1.165) is 19.4 Å². The van der Waals surface area contributed by atoms with Crippen LogP contribution in [-0.4, -0.2) is 18.5 Å². The summed E-state index contributed by atoms with van der Waals surface area (Å²) in [6.45, 7) is 8.76. The molecule has 0 aliphatic rings. The summed E-state index contributed by atoms with van der Waals surface area (Å²) in [5.41, 5.74) is 0. The number of hydrogen-bond acceptors (Lipinski definition) is 2. The van der Waals surface area contributed by atoms with E-state index in [2.05, 4.69) is 6.92 Å². The van der Waals surface area contributed by atoms with Crippen LogP contribution in [0.1, 0.15) is 53.4 Å². The molecule has 2 nitrogen and oxygen atoms in total. The zero-order valence-electron chi connectivity index (χ0n) is 10.0. The van der Waals surface area contributed by atoms with Gasteiger partial charge in [-0.05, 0) is 12.8 Å². The summed E-state index contributed by atoms with van der Waals surface area (Å²) in [6.07, 6.45) is 4.07. The quantitative estimate of drug-likeness (QED) is 0.562. The Morgan fingerprint density at radius 1 is 1.21 bits per heavy atom. The highest BCUT2D eigenvalue weighted by Gasteiger charge is 2.19. The van der Waals surface area contributed by atoms with E-state index in [-0.39, 0.29) is 17.8 Å². The Morgan fingerprint density at radius 2 is 1.86 bits per heavy atom. The number of carbonyl (C=O) groups is 1. The van der Waals surface area contributed by atoms with Gasteiger partial charge in [-0.25, -0.2) is 0 Å². The minimum absolute atomic E-state index is 0.0890. The van der Waals surface area contributed by atoms with Gasteiger partial charge in [-0.3, -0.25) is 4.79 Å². The normalized spacial score (nSPS) is 13.2. The van der Waals surface area contributed by atoms with Crippen molar-refractivity contribution in [3.8, 4) is 0 Å². The zero-order chi connectivity index (χ0) is 11.0. The molecule has 0 spiro atoms. The van der Waals surface area contributed by atoms with Gasteiger partial charge < -0.3 is 4.74 Å². The molecule has 0 rings (SSSR count). The minimum Gasteiger partial charge on any atom is -0.370 e. The number of hydrogen-bond donors (Lipinski definition) is 0. The van der Waals surface area contributed by atoms with Crippen molar-refractivity contribution < 1.29 is 9.53 Å². The topological polar surface area (TPSA) is 26.3 Å². The summed E-state index contributed by atoms with van der Waals surface area (Å²) in [7, 11) is 0. The van der Waals surface area contributed by atoms with Crippen LogP contribution in [0, 0.1) is 5.92 Å². The predicted molar refractivity (Wildman–Crippen MR) is 59.4 cm³/mol. The van der Waals surface area contributed by atoms with Gasteiger partial charge >= 0.3 is 0 Å². The monoisotopic (exact) mass is 200 g/mol. The Kier molecular flexibility index (Phi) is 7.77. The maximum absolute atomic E-state index is 11.6. The zero-order valence-corrected chi connectivity index (χ0v) is 10.0. The maximum atomic E-state index is 11.6. The number of ether oxygens (including phenoxy) is 1. The molecular formula is C12H24O2. The first-order valence-electron chi connectivity index (χ1n) is 5.78. The number of Topliss-reactive ketones (excluding diaryl/α,β-unsaturated/α-hetero) is 1. The van der Waals surface area contributed by atoms with Crippen LogP contribution in [-0.2, 0) is 9.53 Å². The lowest BCUT2D eigenvalue weighted by atomic mass is 10.0. The van der Waals surface area contributed by atoms with Crippen molar-refractivity contribution in [1.29, 1.82) is 0 Å². The van der Waals surface area contributed by atoms with Gasteiger partial charge in [-0.15, -0.1) is 0 Å². The summed E-state index contributed by atoms with van der Waals surface area (Å²) >= 11 is 0. The van der Waals surface area contributed by atoms with Crippen molar-refractivity contribution in [1.82, 2.24) is 0 Å². The lowest BCUT2D eigenvalue weighted by Gasteiger charge is -2.16. The van der Waals surface area contributed by atoms with E-state index in [9.17, 15) is 4.79 Å². The summed E-state index contributed by atoms with van der Waals surface area (Å²) < 4.78 is 5.57. The van der Waals surface area contributed by atoms with Crippen molar-refractivity contribution in [2.45, 2.75) is 59.5 Å². The molecule has 14 heavy (non-hydrogen) atoms. The van der Waals surface area contributed by atoms with Crippen molar-refractivity contribution in [3.05, 3.63) is 0 Å². The molecule has 0 saturated heterocycles. The molecule has 0 aromatic heterocycles. The molecule has 0 radical (unpaired) electrons. The number of ketones is 1. The summed E-state index contributed by atoms with van der Waals surface area (Å²) in [6, 6.07) is 0. The van der Waals surface area contributed by atoms with Crippen molar-refractivity contribution in [3.63, 3.8) is 0 Å². The Bertz CT molecular complexity index is 152. The van der Waals surface area contributed by atoms with Crippen LogP contribution in [0.25, 0.3) is 0 Å². The van der Waals surface area contributed by atoms with Crippen LogP contribution in [0.2, 0.25) is 0 Å². The molecule has 1 atom stereocenters. The molecule has 0 aromatic carbocycles. The number of carbonyl (C=O) groups excluding carboxylic acids is 1. The molecule has 0 aromatic rings. The number of unbranched alkanes of at least 4 members (excludes halogenated alkanes) is 2. The largest absolute Gasteiger partial charge is 0.370 e. The summed E-state index contributed by atoms with van der Waals surface area (Å²) in [5, 5.41) is 0. The molecule has 0 fully saturated rings. The van der Waals surface area contributed by atoms with Gasteiger partial charge in [0, 0.05) is 12.5 Å². The summed E-state index contributed by atoms with van der Waals surface area (Å²) in [4.78, 5) is 11.6. The first kappa shape index (κ1) is 13.6. The highest BCUT2D eigenvalue weighted by Crippen LogP contribution is 2.08. The third kappa shape index (κ3) is 5.38. The van der Waals surface area contributed by atoms with Crippen molar-refractivity contribution >= 4 is 5.78 Å². The summed E-state index contributed by atoms with van der Waals surface area (Å²) in [5.74, 6) is 0.329. The van der Waals surface area contributed by atoms with E-state index >= 15 is 0 Å². The minimum atomic E-state index is -0.174. The smallest absolute Gasteiger partial charge is 0.164 e. The van der Waals surface area contributed by atoms with Crippen LogP contribution in [0.15, 0.2) is 0 Å². The van der Waals surface area contributed by atoms with E-state index in [1.807, 2.05) is 20.8 Å². The third-order valence-corrected chi connectivity index (χ3v) is 2.32. The van der Waals surface area contributed by atoms with Crippen LogP contribution >= 0.6 is 0 Å². The molecule has 84 valence electrons. The SMILES string of the molecule is CCCCCO[C@@H](CC)C(=O)C(C)C. The molecule has 0 saturated carbocycles. The van der Waals surface area contributed by atoms with Gasteiger partial charge in [0.1, 0.15) is 6.10 Å². The first-order valence-corrected chi connectivity index (χ1v) is 5.78. The Morgan fingerprint density at radius 3 is 2.29 bits per heavy atom. The molecule has 0 N–H and O–H groups in total. The Balaban J connectivity index is 3.73. The molecule has 0 unspecified atom stereocenters. The van der Waals surface area contributed by atoms with Gasteiger partial charge in [0.2, 0.25) is 0 Å². The third-order valence-electron chi connectivity index (χ3n) is 2.32. The lowest BCUT2D eigenvalue weighted by molar-refractivity contribution is -0.133. The van der Waals surface area contributed by atoms with E-state index in [1.54, 1.807) is 0 Å². The van der Waals surface area contributed by atoms with Gasteiger partial charge in [-0.1, -0.05) is 40.5 Å². The second-order valence-electron chi connectivity index (χ2n) is 4.03. The van der Waals surface area contributed by atoms with Crippen LogP contribution in [0.5, 0.6) is 0 Å². The van der Waals surface area contributed by atoms with Gasteiger partial charge in [-0.2, -0.15) is 0 Å². The van der Waals surface area contributed by atoms with Crippen molar-refractivity contribution in [2.75, 3.05) is 6.61 Å². The Labute approximate surface area is 88.0 Å². The van der Waals surface area contributed by atoms with E-state index in [0.29, 0.717) is 0 Å². The first-order chi connectivity index (χ1) is 6.63. The Hall–Kier alpha value is -0.370. The molecular weight excluding hydrogens is 176 g/mol. The molecule has 0 heterocycles. The standard InChI is InChI=1S/C12H24O2/c1-5-7-8-9-14-11(6-2)12(13)10(3)4/h10-11H,5-9H2,1-4H3/t11-/m0/s1. The average molecular weight is 200 g/mol.